The molecule has 5 rings (SSSR count). The van der Waals surface area contributed by atoms with Crippen LogP contribution in [0.3, 0.4) is 0 Å². The third-order valence-electron chi connectivity index (χ3n) is 5.68. The van der Waals surface area contributed by atoms with E-state index in [2.05, 4.69) is 20.4 Å². The summed E-state index contributed by atoms with van der Waals surface area (Å²) in [5.74, 6) is 0.443. The highest BCUT2D eigenvalue weighted by atomic mass is 16.5. The first-order valence-electron chi connectivity index (χ1n) is 10.2. The smallest absolute Gasteiger partial charge is 0.252 e. The number of rotatable bonds is 4. The van der Waals surface area contributed by atoms with Crippen molar-refractivity contribution in [3.63, 3.8) is 0 Å². The lowest BCUT2D eigenvalue weighted by Gasteiger charge is -2.25. The van der Waals surface area contributed by atoms with Crippen molar-refractivity contribution in [2.45, 2.75) is 39.2 Å². The van der Waals surface area contributed by atoms with Gasteiger partial charge in [-0.25, -0.2) is 14.5 Å². The van der Waals surface area contributed by atoms with Crippen LogP contribution in [0.1, 0.15) is 36.9 Å². The van der Waals surface area contributed by atoms with E-state index in [-0.39, 0.29) is 11.6 Å². The molecule has 9 nitrogen and oxygen atoms in total. The van der Waals surface area contributed by atoms with Crippen molar-refractivity contribution in [3.8, 4) is 0 Å². The topological polar surface area (TPSA) is 99.2 Å². The highest BCUT2D eigenvalue weighted by Crippen LogP contribution is 2.26. The van der Waals surface area contributed by atoms with Crippen LogP contribution in [0.25, 0.3) is 16.7 Å². The Morgan fingerprint density at radius 2 is 2.07 bits per heavy atom. The molecule has 1 aliphatic heterocycles. The summed E-state index contributed by atoms with van der Waals surface area (Å²) in [6, 6.07) is 3.75. The minimum absolute atomic E-state index is 0.0175. The summed E-state index contributed by atoms with van der Waals surface area (Å²) < 4.78 is 9.00. The summed E-state index contributed by atoms with van der Waals surface area (Å²) in [6.45, 7) is 5.34. The van der Waals surface area contributed by atoms with E-state index in [1.807, 2.05) is 36.9 Å². The molecule has 4 aromatic rings. The molecular weight excluding hydrogens is 382 g/mol. The fourth-order valence-corrected chi connectivity index (χ4v) is 4.04. The Labute approximate surface area is 172 Å². The number of aromatic nitrogens is 6. The van der Waals surface area contributed by atoms with Gasteiger partial charge < -0.3 is 10.1 Å². The second-order valence-corrected chi connectivity index (χ2v) is 7.56. The van der Waals surface area contributed by atoms with Crippen molar-refractivity contribution in [3.05, 3.63) is 52.3 Å². The van der Waals surface area contributed by atoms with Crippen LogP contribution in [0, 0.1) is 6.92 Å². The molecule has 0 aromatic carbocycles. The number of anilines is 2. The van der Waals surface area contributed by atoms with E-state index < -0.39 is 0 Å². The molecule has 1 N–H and O–H groups in total. The van der Waals surface area contributed by atoms with Crippen molar-refractivity contribution in [1.82, 2.24) is 29.1 Å². The lowest BCUT2D eigenvalue weighted by Crippen LogP contribution is -2.30. The van der Waals surface area contributed by atoms with Crippen molar-refractivity contribution < 1.29 is 4.74 Å². The standard InChI is InChI=1S/C21H23N7O2/c1-3-14-9-19(29)28(15-4-6-30-7-5-15)20-16(14)10-22-21(26-20)25-17-11-27-18(8-13(17)2)23-12-24-27/h8-12,15H,3-7H2,1-2H3,(H,22,25,26). The highest BCUT2D eigenvalue weighted by molar-refractivity contribution is 5.80. The summed E-state index contributed by atoms with van der Waals surface area (Å²) in [4.78, 5) is 26.5. The van der Waals surface area contributed by atoms with Crippen LogP contribution in [-0.4, -0.2) is 42.3 Å². The van der Waals surface area contributed by atoms with Gasteiger partial charge in [-0.15, -0.1) is 0 Å². The van der Waals surface area contributed by atoms with Crippen LogP contribution in [-0.2, 0) is 11.2 Å². The van der Waals surface area contributed by atoms with Gasteiger partial charge in [0.1, 0.15) is 12.0 Å². The average molecular weight is 405 g/mol. The maximum absolute atomic E-state index is 13.0. The molecule has 1 fully saturated rings. The van der Waals surface area contributed by atoms with E-state index in [1.165, 1.54) is 6.33 Å². The highest BCUT2D eigenvalue weighted by Gasteiger charge is 2.21. The normalized spacial score (nSPS) is 15.1. The Bertz CT molecular complexity index is 1290. The van der Waals surface area contributed by atoms with Gasteiger partial charge in [0.2, 0.25) is 5.95 Å². The number of nitrogens with one attached hydrogen (secondary N) is 1. The van der Waals surface area contributed by atoms with Gasteiger partial charge in [-0.1, -0.05) is 6.92 Å². The van der Waals surface area contributed by atoms with Gasteiger partial charge in [0.25, 0.3) is 5.56 Å². The Morgan fingerprint density at radius 1 is 1.23 bits per heavy atom. The van der Waals surface area contributed by atoms with Gasteiger partial charge in [0.15, 0.2) is 5.65 Å². The molecule has 0 spiro atoms. The maximum atomic E-state index is 13.0. The maximum Gasteiger partial charge on any atom is 0.252 e. The molecule has 1 aliphatic rings. The SMILES string of the molecule is CCc1cc(=O)n(C2CCOCC2)c2nc(Nc3cn4ncnc4cc3C)ncc12. The second kappa shape index (κ2) is 7.49. The first kappa shape index (κ1) is 18.7. The lowest BCUT2D eigenvalue weighted by atomic mass is 10.1. The first-order valence-corrected chi connectivity index (χ1v) is 10.2. The summed E-state index contributed by atoms with van der Waals surface area (Å²) in [7, 11) is 0. The Balaban J connectivity index is 1.62. The van der Waals surface area contributed by atoms with Crippen molar-refractivity contribution in [2.75, 3.05) is 18.5 Å². The first-order chi connectivity index (χ1) is 14.6. The molecule has 0 aliphatic carbocycles. The summed E-state index contributed by atoms with van der Waals surface area (Å²) in [6.07, 6.45) is 7.54. The molecule has 5 heterocycles. The molecule has 0 saturated carbocycles. The predicted octanol–water partition coefficient (Wildman–Crippen LogP) is 2.80. The molecule has 0 radical (unpaired) electrons. The van der Waals surface area contributed by atoms with Crippen LogP contribution < -0.4 is 10.9 Å². The van der Waals surface area contributed by atoms with E-state index in [1.54, 1.807) is 10.6 Å². The van der Waals surface area contributed by atoms with Crippen LogP contribution >= 0.6 is 0 Å². The Hall–Kier alpha value is -3.33. The monoisotopic (exact) mass is 405 g/mol. The lowest BCUT2D eigenvalue weighted by molar-refractivity contribution is 0.0697. The molecule has 154 valence electrons. The van der Waals surface area contributed by atoms with Gasteiger partial charge in [-0.2, -0.15) is 10.1 Å². The van der Waals surface area contributed by atoms with Crippen molar-refractivity contribution >= 4 is 28.3 Å². The predicted molar refractivity (Wildman–Crippen MR) is 113 cm³/mol. The fourth-order valence-electron chi connectivity index (χ4n) is 4.04. The molecule has 4 aromatic heterocycles. The van der Waals surface area contributed by atoms with Gasteiger partial charge in [0.05, 0.1) is 11.9 Å². The summed E-state index contributed by atoms with van der Waals surface area (Å²) in [5.41, 5.74) is 4.23. The van der Waals surface area contributed by atoms with Gasteiger partial charge in [-0.3, -0.25) is 9.36 Å². The number of ether oxygens (including phenoxy) is 1. The van der Waals surface area contributed by atoms with E-state index in [0.29, 0.717) is 24.8 Å². The van der Waals surface area contributed by atoms with Gasteiger partial charge in [-0.05, 0) is 43.4 Å². The molecule has 30 heavy (non-hydrogen) atoms. The third-order valence-corrected chi connectivity index (χ3v) is 5.68. The molecule has 9 heteroatoms. The minimum Gasteiger partial charge on any atom is -0.381 e. The van der Waals surface area contributed by atoms with Crippen molar-refractivity contribution in [1.29, 1.82) is 0 Å². The van der Waals surface area contributed by atoms with Crippen molar-refractivity contribution in [2.24, 2.45) is 0 Å². The number of hydrogen-bond acceptors (Lipinski definition) is 7. The molecule has 0 amide bonds. The molecular formula is C21H23N7O2. The minimum atomic E-state index is -0.0175. The quantitative estimate of drug-likeness (QED) is 0.557. The van der Waals surface area contributed by atoms with E-state index in [4.69, 9.17) is 9.72 Å². The molecule has 0 atom stereocenters. The van der Waals surface area contributed by atoms with Gasteiger partial charge >= 0.3 is 0 Å². The largest absolute Gasteiger partial charge is 0.381 e. The van der Waals surface area contributed by atoms with E-state index >= 15 is 0 Å². The number of fused-ring (bicyclic) bond motifs is 2. The number of hydrogen-bond donors (Lipinski definition) is 1. The van der Waals surface area contributed by atoms with E-state index in [0.717, 1.165) is 47.1 Å². The molecule has 0 bridgehead atoms. The summed E-state index contributed by atoms with van der Waals surface area (Å²) in [5, 5.41) is 8.39. The molecule has 0 unspecified atom stereocenters. The van der Waals surface area contributed by atoms with E-state index in [9.17, 15) is 4.79 Å². The Morgan fingerprint density at radius 3 is 2.87 bits per heavy atom. The number of aryl methyl sites for hydroxylation is 2. The van der Waals surface area contributed by atoms with Crippen LogP contribution in [0.2, 0.25) is 0 Å². The Kier molecular flexibility index (Phi) is 4.66. The number of nitrogens with zero attached hydrogens (tertiary/aromatic N) is 6. The third kappa shape index (κ3) is 3.21. The summed E-state index contributed by atoms with van der Waals surface area (Å²) >= 11 is 0. The zero-order valence-electron chi connectivity index (χ0n) is 17.0. The zero-order valence-corrected chi connectivity index (χ0v) is 17.0. The molecule has 1 saturated heterocycles. The van der Waals surface area contributed by atoms with Crippen LogP contribution in [0.4, 0.5) is 11.6 Å². The fraction of sp³-hybridized carbons (Fsp3) is 0.381. The second-order valence-electron chi connectivity index (χ2n) is 7.56. The number of pyridine rings is 2. The van der Waals surface area contributed by atoms with Crippen LogP contribution in [0.5, 0.6) is 0 Å². The average Bonchev–Trinajstić information content (AvgIpc) is 3.21. The zero-order chi connectivity index (χ0) is 20.7. The van der Waals surface area contributed by atoms with Gasteiger partial charge in [0, 0.05) is 36.9 Å². The van der Waals surface area contributed by atoms with Crippen LogP contribution in [0.15, 0.2) is 35.6 Å².